The molecule has 128 valence electrons. The fourth-order valence-corrected chi connectivity index (χ4v) is 4.52. The summed E-state index contributed by atoms with van der Waals surface area (Å²) in [6, 6.07) is 2.19. The van der Waals surface area contributed by atoms with E-state index in [9.17, 15) is 4.79 Å². The van der Waals surface area contributed by atoms with Crippen molar-refractivity contribution in [2.45, 2.75) is 38.6 Å². The summed E-state index contributed by atoms with van der Waals surface area (Å²) in [7, 11) is 0. The van der Waals surface area contributed by atoms with Crippen molar-refractivity contribution in [1.82, 2.24) is 19.9 Å². The number of rotatable bonds is 3. The summed E-state index contributed by atoms with van der Waals surface area (Å²) in [5.41, 5.74) is 1.39. The van der Waals surface area contributed by atoms with E-state index in [0.717, 1.165) is 44.7 Å². The second-order valence-electron chi connectivity index (χ2n) is 6.68. The van der Waals surface area contributed by atoms with Crippen LogP contribution in [0.4, 0.5) is 0 Å². The zero-order valence-electron chi connectivity index (χ0n) is 13.9. The second-order valence-corrected chi connectivity index (χ2v) is 7.68. The smallest absolute Gasteiger partial charge is 0.236 e. The summed E-state index contributed by atoms with van der Waals surface area (Å²) in [6.07, 6.45) is 3.08. The lowest BCUT2D eigenvalue weighted by Gasteiger charge is -2.34. The molecule has 1 unspecified atom stereocenters. The van der Waals surface area contributed by atoms with Gasteiger partial charge < -0.3 is 9.42 Å². The van der Waals surface area contributed by atoms with E-state index < -0.39 is 0 Å². The predicted octanol–water partition coefficient (Wildman–Crippen LogP) is 2.20. The number of fused-ring (bicyclic) bond motifs is 1. The van der Waals surface area contributed by atoms with Gasteiger partial charge in [0.2, 0.25) is 11.8 Å². The van der Waals surface area contributed by atoms with Crippen LogP contribution in [0.5, 0.6) is 0 Å². The van der Waals surface area contributed by atoms with E-state index in [2.05, 4.69) is 26.5 Å². The molecule has 24 heavy (non-hydrogen) atoms. The molecule has 6 nitrogen and oxygen atoms in total. The van der Waals surface area contributed by atoms with Crippen molar-refractivity contribution in [3.8, 4) is 0 Å². The highest BCUT2D eigenvalue weighted by atomic mass is 32.1. The highest BCUT2D eigenvalue weighted by Gasteiger charge is 2.29. The molecule has 4 heterocycles. The van der Waals surface area contributed by atoms with Crippen molar-refractivity contribution in [3.63, 3.8) is 0 Å². The fourth-order valence-electron chi connectivity index (χ4n) is 3.63. The maximum Gasteiger partial charge on any atom is 0.236 e. The summed E-state index contributed by atoms with van der Waals surface area (Å²) in [6.45, 7) is 5.72. The van der Waals surface area contributed by atoms with Crippen LogP contribution in [0.15, 0.2) is 16.0 Å². The van der Waals surface area contributed by atoms with Gasteiger partial charge in [0.1, 0.15) is 0 Å². The van der Waals surface area contributed by atoms with Crippen LogP contribution in [-0.2, 0) is 17.8 Å². The minimum Gasteiger partial charge on any atom is -0.341 e. The Morgan fingerprint density at radius 3 is 3.21 bits per heavy atom. The Labute approximate surface area is 145 Å². The van der Waals surface area contributed by atoms with Crippen molar-refractivity contribution < 1.29 is 9.32 Å². The van der Waals surface area contributed by atoms with Crippen LogP contribution in [0.25, 0.3) is 0 Å². The molecular formula is C17H22N4O2S. The topological polar surface area (TPSA) is 62.5 Å². The molecule has 0 bridgehead atoms. The third-order valence-electron chi connectivity index (χ3n) is 4.93. The zero-order chi connectivity index (χ0) is 16.5. The molecule has 2 aliphatic heterocycles. The summed E-state index contributed by atoms with van der Waals surface area (Å²) in [5.74, 6) is 1.75. The van der Waals surface area contributed by atoms with Gasteiger partial charge in [0, 0.05) is 43.9 Å². The molecular weight excluding hydrogens is 324 g/mol. The van der Waals surface area contributed by atoms with E-state index >= 15 is 0 Å². The lowest BCUT2D eigenvalue weighted by atomic mass is 9.97. The number of likely N-dealkylation sites (tertiary alicyclic amines) is 1. The van der Waals surface area contributed by atoms with Crippen molar-refractivity contribution >= 4 is 17.2 Å². The van der Waals surface area contributed by atoms with Gasteiger partial charge in [0.05, 0.1) is 6.54 Å². The number of piperidine rings is 1. The fraction of sp³-hybridized carbons (Fsp3) is 0.588. The zero-order valence-corrected chi connectivity index (χ0v) is 14.7. The number of carbonyl (C=O) groups excluding carboxylic acids is 1. The average molecular weight is 346 g/mol. The predicted molar refractivity (Wildman–Crippen MR) is 90.9 cm³/mol. The van der Waals surface area contributed by atoms with Crippen LogP contribution >= 0.6 is 11.3 Å². The largest absolute Gasteiger partial charge is 0.341 e. The number of carbonyl (C=O) groups is 1. The van der Waals surface area contributed by atoms with Gasteiger partial charge in [0.25, 0.3) is 0 Å². The normalized spacial score (nSPS) is 21.7. The summed E-state index contributed by atoms with van der Waals surface area (Å²) >= 11 is 1.83. The lowest BCUT2D eigenvalue weighted by Crippen LogP contribution is -2.45. The van der Waals surface area contributed by atoms with E-state index in [1.165, 1.54) is 10.4 Å². The van der Waals surface area contributed by atoms with Crippen LogP contribution in [0, 0.1) is 6.92 Å². The van der Waals surface area contributed by atoms with Crippen molar-refractivity contribution in [2.75, 3.05) is 26.2 Å². The Bertz CT molecular complexity index is 726. The van der Waals surface area contributed by atoms with Crippen LogP contribution in [0.1, 0.15) is 40.9 Å². The number of hydrogen-bond donors (Lipinski definition) is 0. The number of hydrogen-bond acceptors (Lipinski definition) is 6. The number of aromatic nitrogens is 2. The molecule has 1 atom stereocenters. The van der Waals surface area contributed by atoms with Crippen molar-refractivity contribution in [2.24, 2.45) is 0 Å². The van der Waals surface area contributed by atoms with Gasteiger partial charge in [-0.1, -0.05) is 5.16 Å². The SMILES string of the molecule is Cc1nc(C2CCCN(C(=O)CN3CCc4sccc4C3)C2)no1. The second kappa shape index (κ2) is 6.64. The minimum atomic E-state index is 0.199. The Hall–Kier alpha value is -1.73. The van der Waals surface area contributed by atoms with E-state index in [4.69, 9.17) is 4.52 Å². The number of aryl methyl sites for hydroxylation is 1. The van der Waals surface area contributed by atoms with Gasteiger partial charge in [-0.2, -0.15) is 4.98 Å². The molecule has 2 aliphatic rings. The molecule has 1 amide bonds. The van der Waals surface area contributed by atoms with Gasteiger partial charge in [-0.15, -0.1) is 11.3 Å². The van der Waals surface area contributed by atoms with Gasteiger partial charge in [-0.05, 0) is 36.3 Å². The van der Waals surface area contributed by atoms with Crippen LogP contribution in [0.3, 0.4) is 0 Å². The Kier molecular flexibility index (Phi) is 4.37. The van der Waals surface area contributed by atoms with Crippen LogP contribution in [0.2, 0.25) is 0 Å². The molecule has 0 aliphatic carbocycles. The Morgan fingerprint density at radius 1 is 1.46 bits per heavy atom. The summed E-state index contributed by atoms with van der Waals surface area (Å²) in [4.78, 5) is 22.8. The molecule has 0 spiro atoms. The van der Waals surface area contributed by atoms with Gasteiger partial charge in [0.15, 0.2) is 5.82 Å². The van der Waals surface area contributed by atoms with E-state index in [-0.39, 0.29) is 11.8 Å². The maximum absolute atomic E-state index is 12.7. The van der Waals surface area contributed by atoms with Gasteiger partial charge >= 0.3 is 0 Å². The number of nitrogens with zero attached hydrogens (tertiary/aromatic N) is 4. The Morgan fingerprint density at radius 2 is 2.38 bits per heavy atom. The molecule has 0 saturated carbocycles. The molecule has 1 fully saturated rings. The first kappa shape index (κ1) is 15.8. The molecule has 1 saturated heterocycles. The van der Waals surface area contributed by atoms with Crippen molar-refractivity contribution in [1.29, 1.82) is 0 Å². The molecule has 0 radical (unpaired) electrons. The molecule has 4 rings (SSSR count). The molecule has 0 N–H and O–H groups in total. The molecule has 7 heteroatoms. The third kappa shape index (κ3) is 3.23. The maximum atomic E-state index is 12.7. The molecule has 2 aromatic heterocycles. The third-order valence-corrected chi connectivity index (χ3v) is 5.95. The van der Waals surface area contributed by atoms with E-state index in [1.807, 2.05) is 16.2 Å². The Balaban J connectivity index is 1.36. The first-order valence-corrected chi connectivity index (χ1v) is 9.42. The van der Waals surface area contributed by atoms with Gasteiger partial charge in [-0.3, -0.25) is 9.69 Å². The number of thiophene rings is 1. The van der Waals surface area contributed by atoms with Crippen molar-refractivity contribution in [3.05, 3.63) is 33.6 Å². The average Bonchev–Trinajstić information content (AvgIpc) is 3.23. The van der Waals surface area contributed by atoms with Crippen LogP contribution in [-0.4, -0.2) is 52.0 Å². The van der Waals surface area contributed by atoms with E-state index in [0.29, 0.717) is 19.0 Å². The summed E-state index contributed by atoms with van der Waals surface area (Å²) in [5, 5.41) is 6.19. The highest BCUT2D eigenvalue weighted by molar-refractivity contribution is 7.10. The quantitative estimate of drug-likeness (QED) is 0.853. The standard InChI is InChI=1S/C17H22N4O2S/c1-12-18-17(19-23-12)14-3-2-6-21(10-14)16(22)11-20-7-4-15-13(9-20)5-8-24-15/h5,8,14H,2-4,6-7,9-11H2,1H3. The number of amides is 1. The lowest BCUT2D eigenvalue weighted by molar-refractivity contribution is -0.133. The first-order chi connectivity index (χ1) is 11.7. The van der Waals surface area contributed by atoms with Crippen LogP contribution < -0.4 is 0 Å². The highest BCUT2D eigenvalue weighted by Crippen LogP contribution is 2.26. The minimum absolute atomic E-state index is 0.199. The molecule has 2 aromatic rings. The molecule has 0 aromatic carbocycles. The van der Waals surface area contributed by atoms with Gasteiger partial charge in [-0.25, -0.2) is 0 Å². The van der Waals surface area contributed by atoms with E-state index in [1.54, 1.807) is 6.92 Å². The summed E-state index contributed by atoms with van der Waals surface area (Å²) < 4.78 is 5.09. The monoisotopic (exact) mass is 346 g/mol. The first-order valence-electron chi connectivity index (χ1n) is 8.54.